The molecule has 3 rings (SSSR count). The van der Waals surface area contributed by atoms with E-state index < -0.39 is 0 Å². The fourth-order valence-corrected chi connectivity index (χ4v) is 4.35. The molecule has 0 atom stereocenters. The Labute approximate surface area is 168 Å². The van der Waals surface area contributed by atoms with Crippen LogP contribution < -0.4 is 9.47 Å². The molecule has 0 bridgehead atoms. The average Bonchev–Trinajstić information content (AvgIpc) is 2.66. The zero-order valence-corrected chi connectivity index (χ0v) is 17.8. The molecule has 1 aliphatic heterocycles. The van der Waals surface area contributed by atoms with Gasteiger partial charge in [0, 0.05) is 11.1 Å². The van der Waals surface area contributed by atoms with Crippen molar-refractivity contribution in [3.63, 3.8) is 0 Å². The molecule has 0 radical (unpaired) electrons. The van der Waals surface area contributed by atoms with E-state index in [-0.39, 0.29) is 0 Å². The highest BCUT2D eigenvalue weighted by Crippen LogP contribution is 2.53. The summed E-state index contributed by atoms with van der Waals surface area (Å²) in [6, 6.07) is 5.72. The van der Waals surface area contributed by atoms with E-state index in [1.54, 1.807) is 0 Å². The van der Waals surface area contributed by atoms with Crippen molar-refractivity contribution in [1.29, 1.82) is 0 Å². The summed E-state index contributed by atoms with van der Waals surface area (Å²) in [6.45, 7) is 8.98. The first kappa shape index (κ1) is 20.1. The van der Waals surface area contributed by atoms with Gasteiger partial charge in [0.1, 0.15) is 0 Å². The van der Waals surface area contributed by atoms with Crippen LogP contribution in [0.3, 0.4) is 0 Å². The summed E-state index contributed by atoms with van der Waals surface area (Å²) in [4.78, 5) is 0. The van der Waals surface area contributed by atoms with E-state index in [1.807, 2.05) is 18.2 Å². The van der Waals surface area contributed by atoms with Crippen molar-refractivity contribution in [3.8, 4) is 23.0 Å². The standard InChI is InChI=1S/C24H31ClO2/c1-5-10-16-17(11-6-2)19(13-8-4)23-22(18(16)12-7-3)26-21-15-9-14-20(25)24(21)27-23/h9,14-15H,5-8,10-13H2,1-4H3. The van der Waals surface area contributed by atoms with Gasteiger partial charge >= 0.3 is 0 Å². The van der Waals surface area contributed by atoms with Crippen molar-refractivity contribution in [2.45, 2.75) is 79.1 Å². The third-order valence-corrected chi connectivity index (χ3v) is 5.49. The topological polar surface area (TPSA) is 18.5 Å². The fraction of sp³-hybridized carbons (Fsp3) is 0.500. The van der Waals surface area contributed by atoms with Crippen molar-refractivity contribution in [1.82, 2.24) is 0 Å². The first-order valence-electron chi connectivity index (χ1n) is 10.5. The summed E-state index contributed by atoms with van der Waals surface area (Å²) in [5, 5.41) is 0.604. The van der Waals surface area contributed by atoms with E-state index in [9.17, 15) is 0 Å². The zero-order chi connectivity index (χ0) is 19.4. The summed E-state index contributed by atoms with van der Waals surface area (Å²) in [7, 11) is 0. The van der Waals surface area contributed by atoms with Crippen molar-refractivity contribution in [3.05, 3.63) is 45.5 Å². The first-order valence-corrected chi connectivity index (χ1v) is 10.9. The lowest BCUT2D eigenvalue weighted by molar-refractivity contribution is 0.351. The fourth-order valence-electron chi connectivity index (χ4n) is 4.14. The predicted molar refractivity (Wildman–Crippen MR) is 114 cm³/mol. The van der Waals surface area contributed by atoms with Gasteiger partial charge in [0.2, 0.25) is 0 Å². The molecule has 3 heteroatoms. The highest BCUT2D eigenvalue weighted by molar-refractivity contribution is 6.32. The van der Waals surface area contributed by atoms with E-state index in [1.165, 1.54) is 22.3 Å². The SMILES string of the molecule is CCCc1c(CCC)c(CCC)c2c(c1CCC)Oc1cccc(Cl)c1O2. The Morgan fingerprint density at radius 3 is 1.63 bits per heavy atom. The molecule has 2 aromatic rings. The van der Waals surface area contributed by atoms with Gasteiger partial charge in [0.05, 0.1) is 5.02 Å². The first-order chi connectivity index (χ1) is 13.2. The second kappa shape index (κ2) is 9.01. The van der Waals surface area contributed by atoms with Gasteiger partial charge < -0.3 is 9.47 Å². The minimum absolute atomic E-state index is 0.604. The average molecular weight is 387 g/mol. The largest absolute Gasteiger partial charge is 0.449 e. The van der Waals surface area contributed by atoms with Crippen LogP contribution in [0.5, 0.6) is 23.0 Å². The molecule has 0 fully saturated rings. The van der Waals surface area contributed by atoms with E-state index in [2.05, 4.69) is 27.7 Å². The molecule has 0 spiro atoms. The maximum Gasteiger partial charge on any atom is 0.188 e. The third kappa shape index (κ3) is 3.82. The van der Waals surface area contributed by atoms with Crippen molar-refractivity contribution < 1.29 is 9.47 Å². The maximum atomic E-state index is 6.44. The van der Waals surface area contributed by atoms with Crippen LogP contribution in [-0.4, -0.2) is 0 Å². The van der Waals surface area contributed by atoms with Gasteiger partial charge in [-0.05, 0) is 48.9 Å². The molecular weight excluding hydrogens is 356 g/mol. The second-order valence-electron chi connectivity index (χ2n) is 7.34. The highest BCUT2D eigenvalue weighted by atomic mass is 35.5. The van der Waals surface area contributed by atoms with E-state index in [0.29, 0.717) is 10.8 Å². The molecule has 0 saturated heterocycles. The molecule has 0 aliphatic carbocycles. The Morgan fingerprint density at radius 1 is 0.630 bits per heavy atom. The van der Waals surface area contributed by atoms with Gasteiger partial charge in [-0.3, -0.25) is 0 Å². The minimum Gasteiger partial charge on any atom is -0.449 e. The quantitative estimate of drug-likeness (QED) is 0.389. The highest BCUT2D eigenvalue weighted by Gasteiger charge is 2.30. The summed E-state index contributed by atoms with van der Waals surface area (Å²) in [5.74, 6) is 3.21. The second-order valence-corrected chi connectivity index (χ2v) is 7.75. The molecule has 0 saturated carbocycles. The molecule has 1 heterocycles. The van der Waals surface area contributed by atoms with Gasteiger partial charge in [-0.15, -0.1) is 0 Å². The Bertz CT molecular complexity index is 811. The number of fused-ring (bicyclic) bond motifs is 2. The summed E-state index contributed by atoms with van der Waals surface area (Å²) < 4.78 is 12.9. The Hall–Kier alpha value is -1.67. The van der Waals surface area contributed by atoms with Crippen LogP contribution >= 0.6 is 11.6 Å². The van der Waals surface area contributed by atoms with E-state index in [4.69, 9.17) is 21.1 Å². The number of hydrogen-bond acceptors (Lipinski definition) is 2. The maximum absolute atomic E-state index is 6.44. The number of rotatable bonds is 8. The van der Waals surface area contributed by atoms with E-state index in [0.717, 1.165) is 68.6 Å². The number of para-hydroxylation sites is 1. The molecule has 0 N–H and O–H groups in total. The summed E-state index contributed by atoms with van der Waals surface area (Å²) in [6.07, 6.45) is 8.66. The van der Waals surface area contributed by atoms with Crippen LogP contribution in [0.2, 0.25) is 5.02 Å². The number of benzene rings is 2. The van der Waals surface area contributed by atoms with Crippen LogP contribution in [0.15, 0.2) is 18.2 Å². The van der Waals surface area contributed by atoms with Gasteiger partial charge in [0.15, 0.2) is 23.0 Å². The molecule has 2 aromatic carbocycles. The third-order valence-electron chi connectivity index (χ3n) is 5.19. The molecular formula is C24H31ClO2. The van der Waals surface area contributed by atoms with Crippen LogP contribution in [0, 0.1) is 0 Å². The van der Waals surface area contributed by atoms with Crippen molar-refractivity contribution in [2.24, 2.45) is 0 Å². The zero-order valence-electron chi connectivity index (χ0n) is 17.1. The molecule has 27 heavy (non-hydrogen) atoms. The van der Waals surface area contributed by atoms with E-state index >= 15 is 0 Å². The van der Waals surface area contributed by atoms with Crippen LogP contribution in [0.4, 0.5) is 0 Å². The van der Waals surface area contributed by atoms with Crippen molar-refractivity contribution in [2.75, 3.05) is 0 Å². The minimum atomic E-state index is 0.604. The summed E-state index contributed by atoms with van der Waals surface area (Å²) >= 11 is 6.42. The number of ether oxygens (including phenoxy) is 2. The monoisotopic (exact) mass is 386 g/mol. The van der Waals surface area contributed by atoms with Crippen LogP contribution in [0.25, 0.3) is 0 Å². The van der Waals surface area contributed by atoms with Gasteiger partial charge in [-0.25, -0.2) is 0 Å². The molecule has 146 valence electrons. The number of hydrogen-bond donors (Lipinski definition) is 0. The number of halogens is 1. The lowest BCUT2D eigenvalue weighted by Gasteiger charge is -2.30. The van der Waals surface area contributed by atoms with Gasteiger partial charge in [-0.2, -0.15) is 0 Å². The normalized spacial score (nSPS) is 12.2. The van der Waals surface area contributed by atoms with Crippen LogP contribution in [-0.2, 0) is 25.7 Å². The molecule has 0 amide bonds. The lowest BCUT2D eigenvalue weighted by atomic mass is 9.85. The molecule has 0 aromatic heterocycles. The van der Waals surface area contributed by atoms with Gasteiger partial charge in [-0.1, -0.05) is 71.0 Å². The smallest absolute Gasteiger partial charge is 0.188 e. The molecule has 2 nitrogen and oxygen atoms in total. The Kier molecular flexibility index (Phi) is 6.70. The summed E-state index contributed by atoms with van der Waals surface area (Å²) in [5.41, 5.74) is 5.64. The van der Waals surface area contributed by atoms with Gasteiger partial charge in [0.25, 0.3) is 0 Å². The molecule has 0 unspecified atom stereocenters. The Balaban J connectivity index is 2.28. The Morgan fingerprint density at radius 2 is 1.11 bits per heavy atom. The predicted octanol–water partition coefficient (Wildman–Crippen LogP) is 8.05. The molecule has 1 aliphatic rings. The lowest BCUT2D eigenvalue weighted by Crippen LogP contribution is -2.12. The van der Waals surface area contributed by atoms with Crippen LogP contribution in [0.1, 0.15) is 75.6 Å². The van der Waals surface area contributed by atoms with Crippen molar-refractivity contribution >= 4 is 11.6 Å².